The largest absolute Gasteiger partial charge is 0.462 e. The Bertz CT molecular complexity index is 626. The van der Waals surface area contributed by atoms with Crippen LogP contribution in [0.15, 0.2) is 24.3 Å². The second kappa shape index (κ2) is 20.7. The molecule has 0 aliphatic heterocycles. The van der Waals surface area contributed by atoms with Crippen LogP contribution in [-0.2, 0) is 9.47 Å². The number of unbranched alkanes of at least 4 members (excludes halogenated alkanes) is 15. The van der Waals surface area contributed by atoms with E-state index in [0.717, 1.165) is 25.7 Å². The molecule has 1 aromatic carbocycles. The smallest absolute Gasteiger partial charge is 0.339 e. The van der Waals surface area contributed by atoms with Crippen LogP contribution in [0.5, 0.6) is 0 Å². The molecule has 4 heteroatoms. The van der Waals surface area contributed by atoms with E-state index >= 15 is 0 Å². The summed E-state index contributed by atoms with van der Waals surface area (Å²) in [5.74, 6) is -0.897. The predicted octanol–water partition coefficient (Wildman–Crippen LogP) is 8.67. The molecule has 33 heavy (non-hydrogen) atoms. The van der Waals surface area contributed by atoms with E-state index in [1.165, 1.54) is 83.5 Å². The Kier molecular flexibility index (Phi) is 18.4. The Morgan fingerprint density at radius 3 is 1.24 bits per heavy atom. The van der Waals surface area contributed by atoms with Gasteiger partial charge in [0.15, 0.2) is 0 Å². The molecule has 0 atom stereocenters. The average Bonchev–Trinajstić information content (AvgIpc) is 2.83. The summed E-state index contributed by atoms with van der Waals surface area (Å²) < 4.78 is 10.7. The number of hydrogen-bond acceptors (Lipinski definition) is 4. The molecule has 1 aromatic rings. The first-order valence-corrected chi connectivity index (χ1v) is 13.6. The van der Waals surface area contributed by atoms with Gasteiger partial charge >= 0.3 is 11.9 Å². The molecule has 0 saturated heterocycles. The highest BCUT2D eigenvalue weighted by Gasteiger charge is 2.18. The van der Waals surface area contributed by atoms with Gasteiger partial charge in [-0.3, -0.25) is 0 Å². The van der Waals surface area contributed by atoms with Crippen LogP contribution in [0.3, 0.4) is 0 Å². The molecule has 0 N–H and O–H groups in total. The molecule has 4 nitrogen and oxygen atoms in total. The number of esters is 2. The molecule has 0 aliphatic carbocycles. The Hall–Kier alpha value is -1.84. The van der Waals surface area contributed by atoms with Gasteiger partial charge in [0.25, 0.3) is 0 Å². The summed E-state index contributed by atoms with van der Waals surface area (Å²) in [5.41, 5.74) is 0.579. The van der Waals surface area contributed by atoms with Crippen LogP contribution in [0.4, 0.5) is 0 Å². The minimum atomic E-state index is -0.456. The Balaban J connectivity index is 2.04. The molecular weight excluding hydrogens is 412 g/mol. The van der Waals surface area contributed by atoms with Crippen molar-refractivity contribution in [3.63, 3.8) is 0 Å². The minimum Gasteiger partial charge on any atom is -0.462 e. The first-order valence-electron chi connectivity index (χ1n) is 13.6. The van der Waals surface area contributed by atoms with Crippen LogP contribution in [0.1, 0.15) is 144 Å². The molecule has 0 unspecified atom stereocenters. The summed E-state index contributed by atoms with van der Waals surface area (Å²) in [4.78, 5) is 24.7. The van der Waals surface area contributed by atoms with Gasteiger partial charge in [-0.25, -0.2) is 9.59 Å². The minimum absolute atomic E-state index is 0.287. The lowest BCUT2D eigenvalue weighted by Gasteiger charge is -2.09. The second-order valence-corrected chi connectivity index (χ2v) is 9.12. The van der Waals surface area contributed by atoms with Crippen LogP contribution in [-0.4, -0.2) is 25.2 Å². The zero-order chi connectivity index (χ0) is 24.0. The summed E-state index contributed by atoms with van der Waals surface area (Å²) in [5, 5.41) is 0. The summed E-state index contributed by atoms with van der Waals surface area (Å²) >= 11 is 0. The first-order chi connectivity index (χ1) is 16.2. The fraction of sp³-hybridized carbons (Fsp3) is 0.724. The van der Waals surface area contributed by atoms with Crippen molar-refractivity contribution in [2.75, 3.05) is 13.2 Å². The van der Waals surface area contributed by atoms with Crippen molar-refractivity contribution in [3.8, 4) is 0 Å². The predicted molar refractivity (Wildman–Crippen MR) is 137 cm³/mol. The van der Waals surface area contributed by atoms with Crippen molar-refractivity contribution in [2.24, 2.45) is 0 Å². The first kappa shape index (κ1) is 29.2. The zero-order valence-corrected chi connectivity index (χ0v) is 21.4. The number of benzene rings is 1. The van der Waals surface area contributed by atoms with Crippen LogP contribution in [0.2, 0.25) is 0 Å². The van der Waals surface area contributed by atoms with Gasteiger partial charge in [-0.15, -0.1) is 0 Å². The third-order valence-electron chi connectivity index (χ3n) is 6.08. The van der Waals surface area contributed by atoms with Crippen LogP contribution < -0.4 is 0 Å². The molecule has 0 heterocycles. The molecule has 188 valence electrons. The molecule has 0 aromatic heterocycles. The number of carbonyl (C=O) groups is 2. The molecule has 0 fully saturated rings. The van der Waals surface area contributed by atoms with E-state index in [1.54, 1.807) is 24.3 Å². The van der Waals surface area contributed by atoms with Gasteiger partial charge in [-0.05, 0) is 25.0 Å². The van der Waals surface area contributed by atoms with Gasteiger partial charge in [0.1, 0.15) is 0 Å². The standard InChI is InChI=1S/C29H48O4/c1-3-5-7-8-9-10-11-12-13-14-15-16-17-18-21-25-33-29(31)27-23-20-19-22-26(27)28(30)32-24-6-4-2/h19-20,22-23H,3-18,21,24-25H2,1-2H3. The maximum atomic E-state index is 12.4. The molecule has 1 rings (SSSR count). The van der Waals surface area contributed by atoms with Crippen LogP contribution in [0.25, 0.3) is 0 Å². The zero-order valence-electron chi connectivity index (χ0n) is 21.4. The maximum absolute atomic E-state index is 12.4. The lowest BCUT2D eigenvalue weighted by atomic mass is 10.0. The Morgan fingerprint density at radius 1 is 0.515 bits per heavy atom. The number of ether oxygens (including phenoxy) is 2. The van der Waals surface area contributed by atoms with Gasteiger partial charge < -0.3 is 9.47 Å². The van der Waals surface area contributed by atoms with E-state index in [0.29, 0.717) is 18.8 Å². The van der Waals surface area contributed by atoms with E-state index in [-0.39, 0.29) is 5.56 Å². The van der Waals surface area contributed by atoms with Crippen molar-refractivity contribution >= 4 is 11.9 Å². The Labute approximate surface area is 202 Å². The highest BCUT2D eigenvalue weighted by atomic mass is 16.5. The van der Waals surface area contributed by atoms with Gasteiger partial charge in [0.2, 0.25) is 0 Å². The van der Waals surface area contributed by atoms with Gasteiger partial charge in [-0.2, -0.15) is 0 Å². The van der Waals surface area contributed by atoms with Crippen LogP contribution >= 0.6 is 0 Å². The normalized spacial score (nSPS) is 10.8. The lowest BCUT2D eigenvalue weighted by molar-refractivity contribution is 0.0451. The highest BCUT2D eigenvalue weighted by Crippen LogP contribution is 2.15. The molecule has 0 radical (unpaired) electrons. The Morgan fingerprint density at radius 2 is 0.848 bits per heavy atom. The van der Waals surface area contributed by atoms with Gasteiger partial charge in [0, 0.05) is 0 Å². The number of carbonyl (C=O) groups excluding carboxylic acids is 2. The monoisotopic (exact) mass is 460 g/mol. The third kappa shape index (κ3) is 14.8. The molecule has 0 bridgehead atoms. The number of rotatable bonds is 21. The van der Waals surface area contributed by atoms with E-state index in [2.05, 4.69) is 6.92 Å². The van der Waals surface area contributed by atoms with Crippen molar-refractivity contribution in [3.05, 3.63) is 35.4 Å². The SMILES string of the molecule is CCCCCCCCCCCCCCCCCOC(=O)c1ccccc1C(=O)OCCCC. The quantitative estimate of drug-likeness (QED) is 0.136. The molecule has 0 spiro atoms. The van der Waals surface area contributed by atoms with Crippen molar-refractivity contribution < 1.29 is 19.1 Å². The van der Waals surface area contributed by atoms with E-state index < -0.39 is 11.9 Å². The fourth-order valence-electron chi connectivity index (χ4n) is 3.94. The van der Waals surface area contributed by atoms with Crippen LogP contribution in [0, 0.1) is 0 Å². The topological polar surface area (TPSA) is 52.6 Å². The molecule has 0 saturated carbocycles. The maximum Gasteiger partial charge on any atom is 0.339 e. The third-order valence-corrected chi connectivity index (χ3v) is 6.08. The average molecular weight is 461 g/mol. The molecular formula is C29H48O4. The summed E-state index contributed by atoms with van der Waals surface area (Å²) in [6.45, 7) is 5.08. The van der Waals surface area contributed by atoms with Crippen molar-refractivity contribution in [1.82, 2.24) is 0 Å². The van der Waals surface area contributed by atoms with E-state index in [9.17, 15) is 9.59 Å². The summed E-state index contributed by atoms with van der Waals surface area (Å²) in [7, 11) is 0. The lowest BCUT2D eigenvalue weighted by Crippen LogP contribution is -2.15. The van der Waals surface area contributed by atoms with Crippen molar-refractivity contribution in [1.29, 1.82) is 0 Å². The fourth-order valence-corrected chi connectivity index (χ4v) is 3.94. The second-order valence-electron chi connectivity index (χ2n) is 9.12. The van der Waals surface area contributed by atoms with E-state index in [4.69, 9.17) is 9.47 Å². The summed E-state index contributed by atoms with van der Waals surface area (Å²) in [6, 6.07) is 6.73. The molecule has 0 amide bonds. The highest BCUT2D eigenvalue weighted by molar-refractivity contribution is 6.03. The van der Waals surface area contributed by atoms with Crippen molar-refractivity contribution in [2.45, 2.75) is 123 Å². The summed E-state index contributed by atoms with van der Waals surface area (Å²) in [6.07, 6.45) is 21.4. The number of hydrogen-bond donors (Lipinski definition) is 0. The van der Waals surface area contributed by atoms with Gasteiger partial charge in [0.05, 0.1) is 24.3 Å². The van der Waals surface area contributed by atoms with E-state index in [1.807, 2.05) is 6.92 Å². The molecule has 0 aliphatic rings. The van der Waals surface area contributed by atoms with Gasteiger partial charge in [-0.1, -0.05) is 122 Å².